The lowest BCUT2D eigenvalue weighted by molar-refractivity contribution is -0.129. The Balaban J connectivity index is 1.48. The third-order valence-corrected chi connectivity index (χ3v) is 4.41. The van der Waals surface area contributed by atoms with Crippen LogP contribution < -0.4 is 19.6 Å². The molecule has 0 radical (unpaired) electrons. The molecule has 0 aliphatic carbocycles. The maximum Gasteiger partial charge on any atom is 0.336 e. The molecule has 0 spiro atoms. The first-order chi connectivity index (χ1) is 16.0. The van der Waals surface area contributed by atoms with Crippen molar-refractivity contribution in [2.75, 3.05) is 13.7 Å². The largest absolute Gasteiger partial charge is 0.497 e. The van der Waals surface area contributed by atoms with Crippen LogP contribution in [0.15, 0.2) is 84.0 Å². The second-order valence-electron chi connectivity index (χ2n) is 6.64. The van der Waals surface area contributed by atoms with Crippen LogP contribution >= 0.6 is 11.6 Å². The number of nitrogens with one attached hydrogen (secondary N) is 1. The molecule has 7 nitrogen and oxygen atoms in total. The lowest BCUT2D eigenvalue weighted by atomic mass is 10.2. The van der Waals surface area contributed by atoms with Crippen molar-refractivity contribution < 1.29 is 23.8 Å². The van der Waals surface area contributed by atoms with Crippen molar-refractivity contribution in [3.05, 3.63) is 95.0 Å². The molecule has 0 aliphatic heterocycles. The minimum Gasteiger partial charge on any atom is -0.497 e. The van der Waals surface area contributed by atoms with Gasteiger partial charge in [-0.05, 0) is 59.7 Å². The molecular formula is C25H21ClN2O5. The average molecular weight is 465 g/mol. The van der Waals surface area contributed by atoms with Crippen molar-refractivity contribution >= 4 is 35.8 Å². The standard InChI is InChI=1S/C25H21ClN2O5/c1-31-21-11-8-18(9-12-21)10-13-25(30)33-23-7-2-4-19(14-23)16-27-28-24(29)17-32-22-6-3-5-20(26)15-22/h2-16H,17H2,1H3,(H,28,29)/b13-10+,27-16+. The minimum absolute atomic E-state index is 0.212. The third kappa shape index (κ3) is 8.16. The molecule has 33 heavy (non-hydrogen) atoms. The van der Waals surface area contributed by atoms with E-state index in [1.165, 1.54) is 12.3 Å². The van der Waals surface area contributed by atoms with Gasteiger partial charge in [-0.25, -0.2) is 10.2 Å². The number of hydrazone groups is 1. The van der Waals surface area contributed by atoms with Gasteiger partial charge in [0.25, 0.3) is 5.91 Å². The summed E-state index contributed by atoms with van der Waals surface area (Å²) < 4.78 is 15.8. The van der Waals surface area contributed by atoms with Gasteiger partial charge in [0.05, 0.1) is 13.3 Å². The minimum atomic E-state index is -0.522. The highest BCUT2D eigenvalue weighted by atomic mass is 35.5. The van der Waals surface area contributed by atoms with Gasteiger partial charge >= 0.3 is 5.97 Å². The van der Waals surface area contributed by atoms with E-state index >= 15 is 0 Å². The van der Waals surface area contributed by atoms with E-state index in [4.69, 9.17) is 25.8 Å². The van der Waals surface area contributed by atoms with Crippen LogP contribution in [0.5, 0.6) is 17.2 Å². The molecule has 3 aromatic carbocycles. The summed E-state index contributed by atoms with van der Waals surface area (Å²) >= 11 is 5.87. The topological polar surface area (TPSA) is 86.2 Å². The first kappa shape index (κ1) is 23.6. The highest BCUT2D eigenvalue weighted by molar-refractivity contribution is 6.30. The Hall–Kier alpha value is -4.10. The van der Waals surface area contributed by atoms with Crippen molar-refractivity contribution in [2.24, 2.45) is 5.10 Å². The molecule has 0 aromatic heterocycles. The summed E-state index contributed by atoms with van der Waals surface area (Å²) in [7, 11) is 1.59. The maximum absolute atomic E-state index is 12.1. The van der Waals surface area contributed by atoms with Gasteiger partial charge in [0.1, 0.15) is 17.2 Å². The molecule has 3 rings (SSSR count). The van der Waals surface area contributed by atoms with Crippen LogP contribution in [0, 0.1) is 0 Å². The highest BCUT2D eigenvalue weighted by Gasteiger charge is 2.03. The number of rotatable bonds is 9. The lowest BCUT2D eigenvalue weighted by Crippen LogP contribution is -2.24. The molecular weight excluding hydrogens is 444 g/mol. The molecule has 1 N–H and O–H groups in total. The van der Waals surface area contributed by atoms with E-state index in [9.17, 15) is 9.59 Å². The quantitative estimate of drug-likeness (QED) is 0.166. The molecule has 168 valence electrons. The zero-order valence-corrected chi connectivity index (χ0v) is 18.5. The van der Waals surface area contributed by atoms with E-state index in [0.717, 1.165) is 11.3 Å². The zero-order valence-electron chi connectivity index (χ0n) is 17.7. The molecule has 0 unspecified atom stereocenters. The van der Waals surface area contributed by atoms with Gasteiger partial charge in [-0.3, -0.25) is 4.79 Å². The predicted molar refractivity (Wildman–Crippen MR) is 127 cm³/mol. The van der Waals surface area contributed by atoms with E-state index in [1.54, 1.807) is 73.8 Å². The number of hydrogen-bond acceptors (Lipinski definition) is 6. The maximum atomic E-state index is 12.1. The first-order valence-corrected chi connectivity index (χ1v) is 10.2. The molecule has 0 saturated heterocycles. The summed E-state index contributed by atoms with van der Waals surface area (Å²) in [6, 6.07) is 20.7. The average Bonchev–Trinajstić information content (AvgIpc) is 2.82. The number of halogens is 1. The number of ether oxygens (including phenoxy) is 3. The summed E-state index contributed by atoms with van der Waals surface area (Å²) in [5, 5.41) is 4.40. The Morgan fingerprint density at radius 3 is 2.45 bits per heavy atom. The Kier molecular flexibility index (Phi) is 8.62. The summed E-state index contributed by atoms with van der Waals surface area (Å²) in [6.45, 7) is -0.212. The molecule has 0 fully saturated rings. The van der Waals surface area contributed by atoms with Crippen LogP contribution in [0.2, 0.25) is 5.02 Å². The Bertz CT molecular complexity index is 1160. The number of amides is 1. The van der Waals surface area contributed by atoms with E-state index < -0.39 is 11.9 Å². The van der Waals surface area contributed by atoms with Gasteiger partial charge in [-0.15, -0.1) is 0 Å². The smallest absolute Gasteiger partial charge is 0.336 e. The molecule has 0 saturated carbocycles. The molecule has 8 heteroatoms. The summed E-state index contributed by atoms with van der Waals surface area (Å²) in [6.07, 6.45) is 4.42. The van der Waals surface area contributed by atoms with Crippen LogP contribution in [-0.4, -0.2) is 31.8 Å². The highest BCUT2D eigenvalue weighted by Crippen LogP contribution is 2.17. The van der Waals surface area contributed by atoms with Gasteiger partial charge in [0, 0.05) is 11.1 Å². The van der Waals surface area contributed by atoms with Crippen LogP contribution in [0.3, 0.4) is 0 Å². The fourth-order valence-corrected chi connectivity index (χ4v) is 2.78. The van der Waals surface area contributed by atoms with Crippen molar-refractivity contribution in [3.63, 3.8) is 0 Å². The number of methoxy groups -OCH3 is 1. The van der Waals surface area contributed by atoms with Crippen LogP contribution in [0.25, 0.3) is 6.08 Å². The number of carbonyl (C=O) groups is 2. The molecule has 1 amide bonds. The Morgan fingerprint density at radius 1 is 0.939 bits per heavy atom. The molecule has 3 aromatic rings. The van der Waals surface area contributed by atoms with Crippen LogP contribution in [0.1, 0.15) is 11.1 Å². The number of hydrogen-bond donors (Lipinski definition) is 1. The van der Waals surface area contributed by atoms with Crippen LogP contribution in [0.4, 0.5) is 0 Å². The Morgan fingerprint density at radius 2 is 1.70 bits per heavy atom. The van der Waals surface area contributed by atoms with Crippen molar-refractivity contribution in [3.8, 4) is 17.2 Å². The summed E-state index contributed by atoms with van der Waals surface area (Å²) in [5.74, 6) is 0.609. The van der Waals surface area contributed by atoms with Crippen molar-refractivity contribution in [1.82, 2.24) is 5.43 Å². The monoisotopic (exact) mass is 464 g/mol. The molecule has 0 atom stereocenters. The van der Waals surface area contributed by atoms with Crippen molar-refractivity contribution in [2.45, 2.75) is 0 Å². The third-order valence-electron chi connectivity index (χ3n) is 4.17. The Labute approximate surface area is 196 Å². The SMILES string of the molecule is COc1ccc(/C=C/C(=O)Oc2cccc(/C=N/NC(=O)COc3cccc(Cl)c3)c2)cc1. The summed E-state index contributed by atoms with van der Waals surface area (Å²) in [4.78, 5) is 23.9. The lowest BCUT2D eigenvalue weighted by Gasteiger charge is -2.05. The van der Waals surface area contributed by atoms with Crippen molar-refractivity contribution in [1.29, 1.82) is 0 Å². The first-order valence-electron chi connectivity index (χ1n) is 9.86. The van der Waals surface area contributed by atoms with Gasteiger partial charge < -0.3 is 14.2 Å². The van der Waals surface area contributed by atoms with Gasteiger partial charge in [-0.1, -0.05) is 41.9 Å². The van der Waals surface area contributed by atoms with Gasteiger partial charge in [0.15, 0.2) is 6.61 Å². The van der Waals surface area contributed by atoms with E-state index in [-0.39, 0.29) is 6.61 Å². The van der Waals surface area contributed by atoms with E-state index in [1.807, 2.05) is 12.1 Å². The molecule has 0 heterocycles. The number of carbonyl (C=O) groups excluding carboxylic acids is 2. The summed E-state index contributed by atoms with van der Waals surface area (Å²) in [5.41, 5.74) is 3.84. The zero-order chi connectivity index (χ0) is 23.5. The molecule has 0 aliphatic rings. The van der Waals surface area contributed by atoms with Crippen LogP contribution in [-0.2, 0) is 9.59 Å². The second kappa shape index (κ2) is 12.1. The van der Waals surface area contributed by atoms with Gasteiger partial charge in [-0.2, -0.15) is 5.10 Å². The fourth-order valence-electron chi connectivity index (χ4n) is 2.60. The van der Waals surface area contributed by atoms with Gasteiger partial charge in [0.2, 0.25) is 0 Å². The second-order valence-corrected chi connectivity index (χ2v) is 7.08. The number of nitrogens with zero attached hydrogens (tertiary/aromatic N) is 1. The van der Waals surface area contributed by atoms with E-state index in [2.05, 4.69) is 10.5 Å². The molecule has 0 bridgehead atoms. The fraction of sp³-hybridized carbons (Fsp3) is 0.0800. The number of benzene rings is 3. The van der Waals surface area contributed by atoms with E-state index in [0.29, 0.717) is 22.1 Å². The number of esters is 1. The normalized spacial score (nSPS) is 10.8. The predicted octanol–water partition coefficient (Wildman–Crippen LogP) is 4.50.